The highest BCUT2D eigenvalue weighted by Gasteiger charge is 2.14. The molecule has 7 nitrogen and oxygen atoms in total. The van der Waals surface area contributed by atoms with Gasteiger partial charge in [-0.3, -0.25) is 9.00 Å². The SMILES string of the molecule is COC(=O)CS(=O)c1nccc(-n2cccn2)n1. The first-order chi connectivity index (χ1) is 8.70. The normalized spacial score (nSPS) is 12.1. The topological polar surface area (TPSA) is 87.0 Å². The molecule has 1 atom stereocenters. The van der Waals surface area contributed by atoms with Crippen LogP contribution in [0.3, 0.4) is 0 Å². The molecular formula is C10H10N4O3S. The number of hydrogen-bond donors (Lipinski definition) is 0. The van der Waals surface area contributed by atoms with Gasteiger partial charge in [-0.05, 0) is 6.07 Å². The maximum absolute atomic E-state index is 11.8. The van der Waals surface area contributed by atoms with Crippen LogP contribution in [0.2, 0.25) is 0 Å². The molecule has 2 rings (SSSR count). The minimum Gasteiger partial charge on any atom is -0.468 e. The Bertz CT molecular complexity index is 570. The molecule has 0 N–H and O–H groups in total. The number of carbonyl (C=O) groups is 1. The van der Waals surface area contributed by atoms with Crippen LogP contribution in [0.5, 0.6) is 0 Å². The van der Waals surface area contributed by atoms with E-state index in [1.54, 1.807) is 24.5 Å². The zero-order valence-corrected chi connectivity index (χ0v) is 10.3. The van der Waals surface area contributed by atoms with Crippen molar-refractivity contribution in [3.63, 3.8) is 0 Å². The summed E-state index contributed by atoms with van der Waals surface area (Å²) in [7, 11) is -0.386. The lowest BCUT2D eigenvalue weighted by molar-refractivity contribution is -0.137. The third-order valence-electron chi connectivity index (χ3n) is 2.04. The molecule has 0 aliphatic heterocycles. The Labute approximate surface area is 105 Å². The van der Waals surface area contributed by atoms with Crippen molar-refractivity contribution in [3.05, 3.63) is 30.7 Å². The first kappa shape index (κ1) is 12.4. The molecule has 0 bridgehead atoms. The van der Waals surface area contributed by atoms with Gasteiger partial charge in [0.2, 0.25) is 5.16 Å². The van der Waals surface area contributed by atoms with Crippen LogP contribution >= 0.6 is 0 Å². The highest BCUT2D eigenvalue weighted by molar-refractivity contribution is 7.85. The van der Waals surface area contributed by atoms with E-state index in [0.717, 1.165) is 0 Å². The molecule has 0 saturated heterocycles. The van der Waals surface area contributed by atoms with E-state index in [0.29, 0.717) is 5.82 Å². The summed E-state index contributed by atoms with van der Waals surface area (Å²) in [6.07, 6.45) is 4.77. The zero-order valence-electron chi connectivity index (χ0n) is 9.52. The van der Waals surface area contributed by atoms with Gasteiger partial charge in [-0.25, -0.2) is 14.6 Å². The number of methoxy groups -OCH3 is 1. The lowest BCUT2D eigenvalue weighted by atomic mass is 10.6. The van der Waals surface area contributed by atoms with E-state index in [1.165, 1.54) is 18.0 Å². The van der Waals surface area contributed by atoms with Crippen LogP contribution in [0.15, 0.2) is 35.9 Å². The van der Waals surface area contributed by atoms with E-state index in [4.69, 9.17) is 0 Å². The van der Waals surface area contributed by atoms with Gasteiger partial charge in [0.05, 0.1) is 7.11 Å². The fourth-order valence-corrected chi connectivity index (χ4v) is 2.04. The van der Waals surface area contributed by atoms with Gasteiger partial charge in [0.25, 0.3) is 0 Å². The van der Waals surface area contributed by atoms with Gasteiger partial charge in [0.15, 0.2) is 5.82 Å². The summed E-state index contributed by atoms with van der Waals surface area (Å²) in [4.78, 5) is 19.0. The molecule has 2 aromatic heterocycles. The van der Waals surface area contributed by atoms with Gasteiger partial charge < -0.3 is 4.74 Å². The van der Waals surface area contributed by atoms with Crippen molar-refractivity contribution in [2.24, 2.45) is 0 Å². The molecule has 1 unspecified atom stereocenters. The largest absolute Gasteiger partial charge is 0.468 e. The van der Waals surface area contributed by atoms with Gasteiger partial charge in [0, 0.05) is 24.7 Å². The minimum atomic E-state index is -1.62. The first-order valence-electron chi connectivity index (χ1n) is 4.99. The van der Waals surface area contributed by atoms with Gasteiger partial charge in [-0.1, -0.05) is 0 Å². The maximum Gasteiger partial charge on any atom is 0.318 e. The molecule has 2 heterocycles. The smallest absolute Gasteiger partial charge is 0.318 e. The standard InChI is InChI=1S/C10H10N4O3S/c1-17-9(15)7-18(16)10-11-5-3-8(13-10)14-6-2-4-12-14/h2-6H,7H2,1H3. The van der Waals surface area contributed by atoms with Gasteiger partial charge >= 0.3 is 5.97 Å². The van der Waals surface area contributed by atoms with Crippen molar-refractivity contribution in [2.75, 3.05) is 12.9 Å². The van der Waals surface area contributed by atoms with Gasteiger partial charge in [-0.15, -0.1) is 0 Å². The molecule has 0 spiro atoms. The van der Waals surface area contributed by atoms with E-state index in [9.17, 15) is 9.00 Å². The van der Waals surface area contributed by atoms with Crippen LogP contribution in [-0.4, -0.2) is 42.8 Å². The second-order valence-electron chi connectivity index (χ2n) is 3.21. The molecule has 94 valence electrons. The molecule has 0 aliphatic rings. The molecule has 8 heteroatoms. The highest BCUT2D eigenvalue weighted by atomic mass is 32.2. The van der Waals surface area contributed by atoms with Crippen molar-refractivity contribution in [2.45, 2.75) is 5.16 Å². The number of ether oxygens (including phenoxy) is 1. The number of carbonyl (C=O) groups excluding carboxylic acids is 1. The minimum absolute atomic E-state index is 0.0772. The Morgan fingerprint density at radius 3 is 3.00 bits per heavy atom. The maximum atomic E-state index is 11.8. The highest BCUT2D eigenvalue weighted by Crippen LogP contribution is 2.05. The second kappa shape index (κ2) is 5.50. The van der Waals surface area contributed by atoms with E-state index < -0.39 is 16.8 Å². The third kappa shape index (κ3) is 2.77. The lowest BCUT2D eigenvalue weighted by Crippen LogP contribution is -2.14. The van der Waals surface area contributed by atoms with Crippen molar-refractivity contribution >= 4 is 16.8 Å². The summed E-state index contributed by atoms with van der Waals surface area (Å²) in [6.45, 7) is 0. The van der Waals surface area contributed by atoms with E-state index >= 15 is 0 Å². The summed E-state index contributed by atoms with van der Waals surface area (Å²) < 4.78 is 17.7. The van der Waals surface area contributed by atoms with Crippen molar-refractivity contribution in [1.82, 2.24) is 19.7 Å². The fraction of sp³-hybridized carbons (Fsp3) is 0.200. The molecule has 0 saturated carbocycles. The lowest BCUT2D eigenvalue weighted by Gasteiger charge is -2.03. The average molecular weight is 266 g/mol. The van der Waals surface area contributed by atoms with E-state index in [-0.39, 0.29) is 10.9 Å². The predicted octanol–water partition coefficient (Wildman–Crippen LogP) is -0.0571. The fourth-order valence-electron chi connectivity index (χ4n) is 1.20. The molecule has 0 fully saturated rings. The summed E-state index contributed by atoms with van der Waals surface area (Å²) in [5.41, 5.74) is 0. The molecule has 0 aliphatic carbocycles. The summed E-state index contributed by atoms with van der Waals surface area (Å²) in [5, 5.41) is 4.08. The van der Waals surface area contributed by atoms with Gasteiger partial charge in [-0.2, -0.15) is 5.10 Å². The molecule has 0 amide bonds. The number of hydrogen-bond acceptors (Lipinski definition) is 6. The van der Waals surface area contributed by atoms with E-state index in [1.807, 2.05) is 0 Å². The zero-order chi connectivity index (χ0) is 13.0. The van der Waals surface area contributed by atoms with Crippen molar-refractivity contribution < 1.29 is 13.7 Å². The summed E-state index contributed by atoms with van der Waals surface area (Å²) in [6, 6.07) is 3.37. The van der Waals surface area contributed by atoms with Crippen LogP contribution in [0.4, 0.5) is 0 Å². The average Bonchev–Trinajstić information content (AvgIpc) is 2.92. The predicted molar refractivity (Wildman–Crippen MR) is 62.4 cm³/mol. The number of nitrogens with zero attached hydrogens (tertiary/aromatic N) is 4. The second-order valence-corrected chi connectivity index (χ2v) is 4.56. The number of rotatable bonds is 4. The van der Waals surface area contributed by atoms with Crippen LogP contribution in [0, 0.1) is 0 Å². The van der Waals surface area contributed by atoms with Crippen molar-refractivity contribution in [1.29, 1.82) is 0 Å². The van der Waals surface area contributed by atoms with Gasteiger partial charge in [0.1, 0.15) is 16.6 Å². The van der Waals surface area contributed by atoms with Crippen LogP contribution in [0.25, 0.3) is 5.82 Å². The van der Waals surface area contributed by atoms with Crippen LogP contribution in [0.1, 0.15) is 0 Å². The molecule has 18 heavy (non-hydrogen) atoms. The molecule has 0 radical (unpaired) electrons. The quantitative estimate of drug-likeness (QED) is 0.569. The Balaban J connectivity index is 2.22. The Morgan fingerprint density at radius 2 is 2.33 bits per heavy atom. The van der Waals surface area contributed by atoms with Crippen LogP contribution in [-0.2, 0) is 20.3 Å². The monoisotopic (exact) mass is 266 g/mol. The van der Waals surface area contributed by atoms with E-state index in [2.05, 4.69) is 19.8 Å². The Hall–Kier alpha value is -2.09. The Kier molecular flexibility index (Phi) is 3.78. The summed E-state index contributed by atoms with van der Waals surface area (Å²) >= 11 is 0. The number of esters is 1. The Morgan fingerprint density at radius 1 is 1.50 bits per heavy atom. The molecule has 2 aromatic rings. The molecular weight excluding hydrogens is 256 g/mol. The van der Waals surface area contributed by atoms with Crippen molar-refractivity contribution in [3.8, 4) is 5.82 Å². The number of aromatic nitrogens is 4. The summed E-state index contributed by atoms with van der Waals surface area (Å²) in [5.74, 6) is -0.344. The first-order valence-corrected chi connectivity index (χ1v) is 6.31. The third-order valence-corrected chi connectivity index (χ3v) is 3.14. The van der Waals surface area contributed by atoms with Crippen LogP contribution < -0.4 is 0 Å². The molecule has 0 aromatic carbocycles.